The van der Waals surface area contributed by atoms with Gasteiger partial charge < -0.3 is 5.32 Å². The van der Waals surface area contributed by atoms with Crippen LogP contribution in [0.1, 0.15) is 25.3 Å². The quantitative estimate of drug-likeness (QED) is 0.789. The molecular formula is C12H15F2N. The van der Waals surface area contributed by atoms with Crippen molar-refractivity contribution in [2.24, 2.45) is 5.92 Å². The lowest BCUT2D eigenvalue weighted by Gasteiger charge is -2.34. The average molecular weight is 211 g/mol. The molecular weight excluding hydrogens is 196 g/mol. The van der Waals surface area contributed by atoms with Crippen LogP contribution in [-0.4, -0.2) is 6.04 Å². The van der Waals surface area contributed by atoms with Crippen molar-refractivity contribution in [3.63, 3.8) is 0 Å². The molecule has 0 radical (unpaired) electrons. The van der Waals surface area contributed by atoms with Crippen molar-refractivity contribution in [2.75, 3.05) is 5.32 Å². The lowest BCUT2D eigenvalue weighted by atomic mass is 9.82. The molecule has 1 aromatic carbocycles. The Morgan fingerprint density at radius 3 is 2.53 bits per heavy atom. The van der Waals surface area contributed by atoms with E-state index < -0.39 is 11.6 Å². The van der Waals surface area contributed by atoms with Crippen molar-refractivity contribution in [1.29, 1.82) is 0 Å². The second-order valence-electron chi connectivity index (χ2n) is 4.47. The van der Waals surface area contributed by atoms with E-state index in [0.717, 1.165) is 12.8 Å². The molecule has 15 heavy (non-hydrogen) atoms. The van der Waals surface area contributed by atoms with Crippen LogP contribution in [0.3, 0.4) is 0 Å². The molecule has 1 aliphatic carbocycles. The molecule has 1 aliphatic rings. The summed E-state index contributed by atoms with van der Waals surface area (Å²) in [6, 6.07) is 2.99. The number of rotatable bonds is 2. The Morgan fingerprint density at radius 2 is 1.93 bits per heavy atom. The maximum absolute atomic E-state index is 13.6. The number of nitrogens with one attached hydrogen (secondary N) is 1. The molecule has 0 aliphatic heterocycles. The Bertz CT molecular complexity index is 370. The van der Waals surface area contributed by atoms with Crippen molar-refractivity contribution < 1.29 is 8.78 Å². The number of hydrogen-bond acceptors (Lipinski definition) is 1. The van der Waals surface area contributed by atoms with Gasteiger partial charge in [-0.2, -0.15) is 0 Å². The summed E-state index contributed by atoms with van der Waals surface area (Å²) in [4.78, 5) is 0. The zero-order valence-electron chi connectivity index (χ0n) is 8.98. The summed E-state index contributed by atoms with van der Waals surface area (Å²) in [6.45, 7) is 3.78. The molecule has 3 heteroatoms. The third-order valence-corrected chi connectivity index (χ3v) is 3.01. The molecule has 1 N–H and O–H groups in total. The predicted molar refractivity (Wildman–Crippen MR) is 56.9 cm³/mol. The van der Waals surface area contributed by atoms with Gasteiger partial charge in [-0.1, -0.05) is 13.0 Å². The van der Waals surface area contributed by atoms with Gasteiger partial charge >= 0.3 is 0 Å². The summed E-state index contributed by atoms with van der Waals surface area (Å²) >= 11 is 0. The fourth-order valence-corrected chi connectivity index (χ4v) is 2.01. The molecule has 1 fully saturated rings. The summed E-state index contributed by atoms with van der Waals surface area (Å²) in [5.41, 5.74) is 0.512. The Labute approximate surface area is 88.5 Å². The van der Waals surface area contributed by atoms with Gasteiger partial charge in [-0.3, -0.25) is 0 Å². The molecule has 0 aromatic heterocycles. The zero-order valence-corrected chi connectivity index (χ0v) is 8.98. The number of anilines is 1. The molecule has 0 heterocycles. The molecule has 1 saturated carbocycles. The van der Waals surface area contributed by atoms with Crippen molar-refractivity contribution in [2.45, 2.75) is 32.7 Å². The van der Waals surface area contributed by atoms with E-state index >= 15 is 0 Å². The Kier molecular flexibility index (Phi) is 2.63. The van der Waals surface area contributed by atoms with Gasteiger partial charge in [-0.25, -0.2) is 8.78 Å². The van der Waals surface area contributed by atoms with Crippen LogP contribution in [-0.2, 0) is 0 Å². The zero-order chi connectivity index (χ0) is 11.0. The van der Waals surface area contributed by atoms with Gasteiger partial charge in [0.15, 0.2) is 5.82 Å². The second-order valence-corrected chi connectivity index (χ2v) is 4.47. The summed E-state index contributed by atoms with van der Waals surface area (Å²) in [5, 5.41) is 2.94. The molecule has 0 amide bonds. The van der Waals surface area contributed by atoms with E-state index in [4.69, 9.17) is 0 Å². The van der Waals surface area contributed by atoms with Crippen molar-refractivity contribution in [3.8, 4) is 0 Å². The summed E-state index contributed by atoms with van der Waals surface area (Å²) in [5.74, 6) is -0.300. The molecule has 0 spiro atoms. The van der Waals surface area contributed by atoms with E-state index in [1.165, 1.54) is 12.1 Å². The van der Waals surface area contributed by atoms with Crippen LogP contribution in [0.15, 0.2) is 12.1 Å². The second kappa shape index (κ2) is 3.80. The van der Waals surface area contributed by atoms with Crippen LogP contribution in [0.25, 0.3) is 0 Å². The third kappa shape index (κ3) is 1.96. The topological polar surface area (TPSA) is 12.0 Å². The van der Waals surface area contributed by atoms with E-state index in [1.807, 2.05) is 0 Å². The van der Waals surface area contributed by atoms with Gasteiger partial charge in [0, 0.05) is 6.04 Å². The number of aryl methyl sites for hydroxylation is 1. The molecule has 1 aromatic rings. The fourth-order valence-electron chi connectivity index (χ4n) is 2.01. The smallest absolute Gasteiger partial charge is 0.152 e. The Balaban J connectivity index is 2.16. The van der Waals surface area contributed by atoms with Gasteiger partial charge in [-0.15, -0.1) is 0 Å². The first kappa shape index (κ1) is 10.4. The van der Waals surface area contributed by atoms with E-state index in [9.17, 15) is 8.78 Å². The van der Waals surface area contributed by atoms with E-state index in [1.54, 1.807) is 6.92 Å². The lowest BCUT2D eigenvalue weighted by molar-refractivity contribution is 0.307. The van der Waals surface area contributed by atoms with Crippen molar-refractivity contribution >= 4 is 5.69 Å². The summed E-state index contributed by atoms with van der Waals surface area (Å²) < 4.78 is 26.9. The van der Waals surface area contributed by atoms with E-state index in [0.29, 0.717) is 11.5 Å². The average Bonchev–Trinajstić information content (AvgIpc) is 2.15. The molecule has 0 bridgehead atoms. The van der Waals surface area contributed by atoms with E-state index in [-0.39, 0.29) is 11.7 Å². The minimum absolute atomic E-state index is 0.0342. The normalized spacial score (nSPS) is 24.8. The van der Waals surface area contributed by atoms with Crippen LogP contribution in [0.4, 0.5) is 14.5 Å². The summed E-state index contributed by atoms with van der Waals surface area (Å²) in [6.07, 6.45) is 1.99. The van der Waals surface area contributed by atoms with Crippen molar-refractivity contribution in [3.05, 3.63) is 29.3 Å². The first-order valence-corrected chi connectivity index (χ1v) is 5.29. The Hall–Kier alpha value is -1.12. The van der Waals surface area contributed by atoms with Crippen LogP contribution in [0.2, 0.25) is 0 Å². The maximum Gasteiger partial charge on any atom is 0.152 e. The molecule has 0 unspecified atom stereocenters. The first-order valence-electron chi connectivity index (χ1n) is 5.29. The maximum atomic E-state index is 13.6. The Morgan fingerprint density at radius 1 is 1.27 bits per heavy atom. The highest BCUT2D eigenvalue weighted by Gasteiger charge is 2.26. The predicted octanol–water partition coefficient (Wildman–Crippen LogP) is 3.48. The number of benzene rings is 1. The van der Waals surface area contributed by atoms with Gasteiger partial charge in [0.1, 0.15) is 11.5 Å². The largest absolute Gasteiger partial charge is 0.378 e. The SMILES string of the molecule is Cc1ccc(F)c(NC2CC(C)C2)c1F. The third-order valence-electron chi connectivity index (χ3n) is 3.01. The van der Waals surface area contributed by atoms with Crippen LogP contribution in [0, 0.1) is 24.5 Å². The van der Waals surface area contributed by atoms with Crippen LogP contribution >= 0.6 is 0 Å². The van der Waals surface area contributed by atoms with Gasteiger partial charge in [0.05, 0.1) is 0 Å². The minimum atomic E-state index is -0.502. The molecule has 82 valence electrons. The van der Waals surface area contributed by atoms with Gasteiger partial charge in [0.2, 0.25) is 0 Å². The summed E-state index contributed by atoms with van der Waals surface area (Å²) in [7, 11) is 0. The number of hydrogen-bond donors (Lipinski definition) is 1. The number of halogens is 2. The van der Waals surface area contributed by atoms with E-state index in [2.05, 4.69) is 12.2 Å². The fraction of sp³-hybridized carbons (Fsp3) is 0.500. The van der Waals surface area contributed by atoms with Crippen molar-refractivity contribution in [1.82, 2.24) is 0 Å². The molecule has 0 atom stereocenters. The highest BCUT2D eigenvalue weighted by Crippen LogP contribution is 2.31. The molecule has 2 rings (SSSR count). The van der Waals surface area contributed by atoms with Crippen LogP contribution < -0.4 is 5.32 Å². The standard InChI is InChI=1S/C12H15F2N/c1-7-5-9(6-7)15-12-10(13)4-3-8(2)11(12)14/h3-4,7,9,15H,5-6H2,1-2H3. The van der Waals surface area contributed by atoms with Gasteiger partial charge in [-0.05, 0) is 37.3 Å². The highest BCUT2D eigenvalue weighted by atomic mass is 19.1. The minimum Gasteiger partial charge on any atom is -0.378 e. The van der Waals surface area contributed by atoms with Gasteiger partial charge in [0.25, 0.3) is 0 Å². The molecule has 1 nitrogen and oxygen atoms in total. The monoisotopic (exact) mass is 211 g/mol. The first-order chi connectivity index (χ1) is 7.08. The lowest BCUT2D eigenvalue weighted by Crippen LogP contribution is -2.34. The van der Waals surface area contributed by atoms with Crippen LogP contribution in [0.5, 0.6) is 0 Å². The molecule has 0 saturated heterocycles. The highest BCUT2D eigenvalue weighted by molar-refractivity contribution is 5.50.